The number of nitrogens with two attached hydrogens (primary N) is 1. The van der Waals surface area contributed by atoms with Crippen molar-refractivity contribution in [3.63, 3.8) is 0 Å². The van der Waals surface area contributed by atoms with Crippen LogP contribution in [0.4, 0.5) is 0 Å². The normalized spacial score (nSPS) is 23.2. The van der Waals surface area contributed by atoms with Gasteiger partial charge in [-0.15, -0.1) is 0 Å². The van der Waals surface area contributed by atoms with Crippen molar-refractivity contribution < 1.29 is 0 Å². The van der Waals surface area contributed by atoms with Crippen LogP contribution in [0, 0.1) is 0 Å². The molecule has 14 heavy (non-hydrogen) atoms. The van der Waals surface area contributed by atoms with E-state index >= 15 is 0 Å². The Morgan fingerprint density at radius 3 is 3.29 bits per heavy atom. The summed E-state index contributed by atoms with van der Waals surface area (Å²) < 4.78 is 2.20. The van der Waals surface area contributed by atoms with E-state index in [1.54, 1.807) is 0 Å². The first-order valence-electron chi connectivity index (χ1n) is 5.15. The monoisotopic (exact) mass is 213 g/mol. The van der Waals surface area contributed by atoms with Gasteiger partial charge >= 0.3 is 0 Å². The van der Waals surface area contributed by atoms with E-state index < -0.39 is 0 Å². The first-order valence-corrected chi connectivity index (χ1v) is 5.53. The van der Waals surface area contributed by atoms with Gasteiger partial charge in [0.1, 0.15) is 5.15 Å². The molecular formula is C10H16ClN3. The Hall–Kier alpha value is -0.540. The second-order valence-electron chi connectivity index (χ2n) is 4.15. The Kier molecular flexibility index (Phi) is 2.79. The molecule has 2 atom stereocenters. The number of nitrogens with zero attached hydrogens (tertiary/aromatic N) is 2. The van der Waals surface area contributed by atoms with Crippen LogP contribution in [0.1, 0.15) is 37.9 Å². The van der Waals surface area contributed by atoms with Gasteiger partial charge in [-0.2, -0.15) is 0 Å². The van der Waals surface area contributed by atoms with Crippen molar-refractivity contribution in [2.45, 2.75) is 44.7 Å². The van der Waals surface area contributed by atoms with Crippen molar-refractivity contribution >= 4 is 11.6 Å². The zero-order chi connectivity index (χ0) is 10.1. The molecule has 2 N–H and O–H groups in total. The summed E-state index contributed by atoms with van der Waals surface area (Å²) >= 11 is 6.00. The number of hydrogen-bond donors (Lipinski definition) is 1. The lowest BCUT2D eigenvalue weighted by Gasteiger charge is -2.26. The molecule has 0 amide bonds. The van der Waals surface area contributed by atoms with E-state index in [1.807, 2.05) is 13.3 Å². The molecular weight excluding hydrogens is 198 g/mol. The maximum absolute atomic E-state index is 6.00. The lowest BCUT2D eigenvalue weighted by atomic mass is 9.98. The Labute approximate surface area is 89.3 Å². The molecule has 2 heterocycles. The number of imidazole rings is 1. The standard InChI is InChI=1S/C10H16ClN3/c1-7(12)5-8-3-2-4-9-10(11)13-6-14(8)9/h6-8H,2-5,12H2,1H3. The number of rotatable bonds is 2. The largest absolute Gasteiger partial charge is 0.330 e. The zero-order valence-corrected chi connectivity index (χ0v) is 9.17. The third-order valence-corrected chi connectivity index (χ3v) is 3.15. The van der Waals surface area contributed by atoms with E-state index in [9.17, 15) is 0 Å². The van der Waals surface area contributed by atoms with Crippen molar-refractivity contribution in [3.05, 3.63) is 17.2 Å². The SMILES string of the molecule is CC(N)CC1CCCc2c(Cl)ncn21. The summed E-state index contributed by atoms with van der Waals surface area (Å²) in [6, 6.07) is 0.742. The number of fused-ring (bicyclic) bond motifs is 1. The summed E-state index contributed by atoms with van der Waals surface area (Å²) in [5.74, 6) is 0. The molecule has 0 saturated heterocycles. The van der Waals surface area contributed by atoms with Crippen molar-refractivity contribution in [1.82, 2.24) is 9.55 Å². The highest BCUT2D eigenvalue weighted by Crippen LogP contribution is 2.31. The molecule has 0 aliphatic carbocycles. The Morgan fingerprint density at radius 1 is 1.79 bits per heavy atom. The van der Waals surface area contributed by atoms with Crippen molar-refractivity contribution in [1.29, 1.82) is 0 Å². The molecule has 0 radical (unpaired) electrons. The Bertz CT molecular complexity index is 319. The quantitative estimate of drug-likeness (QED) is 0.818. The fourth-order valence-corrected chi connectivity index (χ4v) is 2.45. The fourth-order valence-electron chi connectivity index (χ4n) is 2.22. The van der Waals surface area contributed by atoms with E-state index in [1.165, 1.54) is 18.5 Å². The maximum atomic E-state index is 6.00. The smallest absolute Gasteiger partial charge is 0.150 e. The van der Waals surface area contributed by atoms with Gasteiger partial charge in [0.2, 0.25) is 0 Å². The van der Waals surface area contributed by atoms with E-state index in [4.69, 9.17) is 17.3 Å². The average Bonchev–Trinajstić information content (AvgIpc) is 2.49. The lowest BCUT2D eigenvalue weighted by Crippen LogP contribution is -2.25. The number of hydrogen-bond acceptors (Lipinski definition) is 2. The molecule has 0 fully saturated rings. The molecule has 4 heteroatoms. The molecule has 0 spiro atoms. The summed E-state index contributed by atoms with van der Waals surface area (Å²) in [5, 5.41) is 0.666. The van der Waals surface area contributed by atoms with E-state index in [0.717, 1.165) is 12.8 Å². The van der Waals surface area contributed by atoms with Gasteiger partial charge in [-0.25, -0.2) is 4.98 Å². The summed E-state index contributed by atoms with van der Waals surface area (Å²) in [6.07, 6.45) is 6.31. The second kappa shape index (κ2) is 3.91. The molecule has 2 rings (SSSR count). The molecule has 0 bridgehead atoms. The summed E-state index contributed by atoms with van der Waals surface area (Å²) in [7, 11) is 0. The van der Waals surface area contributed by atoms with E-state index in [0.29, 0.717) is 11.2 Å². The molecule has 0 saturated carbocycles. The van der Waals surface area contributed by atoms with Gasteiger partial charge in [-0.3, -0.25) is 0 Å². The van der Waals surface area contributed by atoms with Crippen LogP contribution in [0.15, 0.2) is 6.33 Å². The van der Waals surface area contributed by atoms with Crippen molar-refractivity contribution in [2.24, 2.45) is 5.73 Å². The summed E-state index contributed by atoms with van der Waals surface area (Å²) in [5.41, 5.74) is 7.00. The highest BCUT2D eigenvalue weighted by molar-refractivity contribution is 6.30. The zero-order valence-electron chi connectivity index (χ0n) is 8.41. The third kappa shape index (κ3) is 1.79. The van der Waals surface area contributed by atoms with Crippen molar-refractivity contribution in [3.8, 4) is 0 Å². The van der Waals surface area contributed by atoms with Crippen LogP contribution in [-0.4, -0.2) is 15.6 Å². The molecule has 3 nitrogen and oxygen atoms in total. The molecule has 2 unspecified atom stereocenters. The first kappa shape index (κ1) is 9.99. The van der Waals surface area contributed by atoms with Crippen LogP contribution in [0.2, 0.25) is 5.15 Å². The Balaban J connectivity index is 2.22. The van der Waals surface area contributed by atoms with Gasteiger partial charge < -0.3 is 10.3 Å². The topological polar surface area (TPSA) is 43.8 Å². The summed E-state index contributed by atoms with van der Waals surface area (Å²) in [6.45, 7) is 2.05. The average molecular weight is 214 g/mol. The summed E-state index contributed by atoms with van der Waals surface area (Å²) in [4.78, 5) is 4.14. The molecule has 78 valence electrons. The Morgan fingerprint density at radius 2 is 2.57 bits per heavy atom. The van der Waals surface area contributed by atoms with Gasteiger partial charge in [0.15, 0.2) is 0 Å². The van der Waals surface area contributed by atoms with Crippen LogP contribution >= 0.6 is 11.6 Å². The molecule has 1 aromatic rings. The van der Waals surface area contributed by atoms with Crippen LogP contribution in [0.3, 0.4) is 0 Å². The minimum absolute atomic E-state index is 0.243. The lowest BCUT2D eigenvalue weighted by molar-refractivity contribution is 0.359. The van der Waals surface area contributed by atoms with Gasteiger partial charge in [0.05, 0.1) is 12.0 Å². The molecule has 0 aromatic carbocycles. The number of halogens is 1. The molecule has 1 aliphatic heterocycles. The van der Waals surface area contributed by atoms with Crippen LogP contribution < -0.4 is 5.73 Å². The number of aromatic nitrogens is 2. The van der Waals surface area contributed by atoms with E-state index in [2.05, 4.69) is 9.55 Å². The highest BCUT2D eigenvalue weighted by atomic mass is 35.5. The predicted molar refractivity (Wildman–Crippen MR) is 57.5 cm³/mol. The highest BCUT2D eigenvalue weighted by Gasteiger charge is 2.22. The second-order valence-corrected chi connectivity index (χ2v) is 4.51. The van der Waals surface area contributed by atoms with Gasteiger partial charge in [0.25, 0.3) is 0 Å². The van der Waals surface area contributed by atoms with Crippen molar-refractivity contribution in [2.75, 3.05) is 0 Å². The van der Waals surface area contributed by atoms with Gasteiger partial charge in [-0.1, -0.05) is 11.6 Å². The van der Waals surface area contributed by atoms with E-state index in [-0.39, 0.29) is 6.04 Å². The van der Waals surface area contributed by atoms with Gasteiger partial charge in [-0.05, 0) is 32.6 Å². The third-order valence-electron chi connectivity index (χ3n) is 2.83. The molecule has 1 aliphatic rings. The minimum Gasteiger partial charge on any atom is -0.330 e. The first-order chi connectivity index (χ1) is 6.68. The minimum atomic E-state index is 0.243. The fraction of sp³-hybridized carbons (Fsp3) is 0.700. The maximum Gasteiger partial charge on any atom is 0.150 e. The van der Waals surface area contributed by atoms with Crippen LogP contribution in [0.25, 0.3) is 0 Å². The predicted octanol–water partition coefficient (Wildman–Crippen LogP) is 2.15. The van der Waals surface area contributed by atoms with Crippen LogP contribution in [-0.2, 0) is 6.42 Å². The van der Waals surface area contributed by atoms with Crippen LogP contribution in [0.5, 0.6) is 0 Å². The molecule has 1 aromatic heterocycles. The van der Waals surface area contributed by atoms with Gasteiger partial charge in [0, 0.05) is 12.1 Å².